The fourth-order valence-corrected chi connectivity index (χ4v) is 1.39. The monoisotopic (exact) mass is 229 g/mol. The highest BCUT2D eigenvalue weighted by atomic mass is 32.1. The molecule has 0 fully saturated rings. The van der Waals surface area contributed by atoms with Gasteiger partial charge in [0.2, 0.25) is 0 Å². The molecule has 0 saturated carbocycles. The summed E-state index contributed by atoms with van der Waals surface area (Å²) in [6.07, 6.45) is 1.41. The molecule has 82 valence electrons. The number of hydrogen-bond acceptors (Lipinski definition) is 2. The number of nitrogens with zero attached hydrogens (tertiary/aromatic N) is 1. The molecule has 1 nitrogen and oxygen atoms in total. The minimum absolute atomic E-state index is 0.204. The molecule has 1 aromatic rings. The van der Waals surface area contributed by atoms with Crippen LogP contribution in [0.4, 0.5) is 14.5 Å². The Hall–Kier alpha value is -1.03. The lowest BCUT2D eigenvalue weighted by atomic mass is 10.1. The lowest BCUT2D eigenvalue weighted by molar-refractivity contribution is 0.506. The lowest BCUT2D eigenvalue weighted by Crippen LogP contribution is -2.17. The fourth-order valence-electron chi connectivity index (χ4n) is 1.23. The van der Waals surface area contributed by atoms with E-state index in [2.05, 4.69) is 12.6 Å². The van der Waals surface area contributed by atoms with Gasteiger partial charge in [0.05, 0.1) is 5.69 Å². The second-order valence-electron chi connectivity index (χ2n) is 3.13. The molecule has 1 aromatic carbocycles. The van der Waals surface area contributed by atoms with Crippen LogP contribution in [0.15, 0.2) is 17.5 Å². The van der Waals surface area contributed by atoms with E-state index in [4.69, 9.17) is 0 Å². The van der Waals surface area contributed by atoms with Crippen molar-refractivity contribution < 1.29 is 8.78 Å². The Labute approximate surface area is 93.8 Å². The van der Waals surface area contributed by atoms with Gasteiger partial charge in [0, 0.05) is 19.2 Å². The molecule has 0 aliphatic rings. The van der Waals surface area contributed by atoms with Crippen LogP contribution in [0, 0.1) is 11.6 Å². The number of rotatable bonds is 3. The van der Waals surface area contributed by atoms with Gasteiger partial charge >= 0.3 is 0 Å². The first-order chi connectivity index (χ1) is 7.11. The maximum atomic E-state index is 13.5. The fraction of sp³-hybridized carbons (Fsp3) is 0.273. The molecule has 15 heavy (non-hydrogen) atoms. The molecule has 0 aliphatic carbocycles. The van der Waals surface area contributed by atoms with Crippen LogP contribution in [0.3, 0.4) is 0 Å². The topological polar surface area (TPSA) is 3.24 Å². The van der Waals surface area contributed by atoms with Crippen molar-refractivity contribution in [3.8, 4) is 0 Å². The van der Waals surface area contributed by atoms with Crippen LogP contribution in [0.2, 0.25) is 0 Å². The summed E-state index contributed by atoms with van der Waals surface area (Å²) < 4.78 is 27.0. The van der Waals surface area contributed by atoms with Gasteiger partial charge in [-0.2, -0.15) is 12.6 Å². The summed E-state index contributed by atoms with van der Waals surface area (Å²) in [6.45, 7) is 2.50. The number of hydrogen-bond donors (Lipinski definition) is 1. The summed E-state index contributed by atoms with van der Waals surface area (Å²) in [5.41, 5.74) is 0.474. The maximum Gasteiger partial charge on any atom is 0.182 e. The summed E-state index contributed by atoms with van der Waals surface area (Å²) in [6, 6.07) is 3.09. The van der Waals surface area contributed by atoms with Gasteiger partial charge in [-0.1, -0.05) is 0 Å². The molecule has 0 N–H and O–H groups in total. The average Bonchev–Trinajstić information content (AvgIpc) is 2.24. The smallest absolute Gasteiger partial charge is 0.182 e. The van der Waals surface area contributed by atoms with Crippen LogP contribution >= 0.6 is 12.6 Å². The SMILES string of the molecule is CCN(C)c1ccc(/C=C/S)c(F)c1F. The molecule has 0 aromatic heterocycles. The quantitative estimate of drug-likeness (QED) is 0.778. The van der Waals surface area contributed by atoms with Gasteiger partial charge in [0.15, 0.2) is 11.6 Å². The molecule has 0 bridgehead atoms. The summed E-state index contributed by atoms with van der Waals surface area (Å²) in [4.78, 5) is 1.65. The second kappa shape index (κ2) is 5.16. The van der Waals surface area contributed by atoms with E-state index in [1.54, 1.807) is 18.0 Å². The molecule has 0 unspecified atom stereocenters. The van der Waals surface area contributed by atoms with Crippen LogP contribution in [-0.4, -0.2) is 13.6 Å². The van der Waals surface area contributed by atoms with Crippen molar-refractivity contribution in [1.82, 2.24) is 0 Å². The van der Waals surface area contributed by atoms with Crippen molar-refractivity contribution in [1.29, 1.82) is 0 Å². The van der Waals surface area contributed by atoms with Crippen LogP contribution in [-0.2, 0) is 0 Å². The van der Waals surface area contributed by atoms with E-state index >= 15 is 0 Å². The highest BCUT2D eigenvalue weighted by Gasteiger charge is 2.13. The molecule has 0 radical (unpaired) electrons. The predicted molar refractivity (Wildman–Crippen MR) is 63.3 cm³/mol. The third-order valence-corrected chi connectivity index (χ3v) is 2.38. The molecular weight excluding hydrogens is 216 g/mol. The number of thiol groups is 1. The molecule has 0 spiro atoms. The Kier molecular flexibility index (Phi) is 4.15. The predicted octanol–water partition coefficient (Wildman–Crippen LogP) is 3.32. The number of anilines is 1. The first kappa shape index (κ1) is 12.0. The molecule has 0 aliphatic heterocycles. The van der Waals surface area contributed by atoms with E-state index < -0.39 is 11.6 Å². The molecule has 4 heteroatoms. The van der Waals surface area contributed by atoms with Crippen molar-refractivity contribution in [2.24, 2.45) is 0 Å². The number of benzene rings is 1. The van der Waals surface area contributed by atoms with E-state index in [-0.39, 0.29) is 11.3 Å². The zero-order valence-corrected chi connectivity index (χ0v) is 9.56. The van der Waals surface area contributed by atoms with Crippen molar-refractivity contribution in [2.75, 3.05) is 18.5 Å². The van der Waals surface area contributed by atoms with Gasteiger partial charge < -0.3 is 4.90 Å². The molecule has 1 rings (SSSR count). The molecule has 0 atom stereocenters. The Balaban J connectivity index is 3.20. The normalized spacial score (nSPS) is 11.0. The first-order valence-corrected chi connectivity index (χ1v) is 5.13. The standard InChI is InChI=1S/C11H13F2NS/c1-3-14(2)9-5-4-8(6-7-15)10(12)11(9)13/h4-7,15H,3H2,1-2H3/b7-6+. The summed E-state index contributed by atoms with van der Waals surface area (Å²) in [5, 5.41) is 1.38. The van der Waals surface area contributed by atoms with E-state index in [0.29, 0.717) is 6.54 Å². The minimum Gasteiger partial charge on any atom is -0.372 e. The van der Waals surface area contributed by atoms with E-state index in [1.807, 2.05) is 6.92 Å². The van der Waals surface area contributed by atoms with E-state index in [9.17, 15) is 8.78 Å². The summed E-state index contributed by atoms with van der Waals surface area (Å²) in [5.74, 6) is -1.65. The minimum atomic E-state index is -0.835. The molecule has 0 heterocycles. The van der Waals surface area contributed by atoms with Crippen molar-refractivity contribution in [3.05, 3.63) is 34.7 Å². The first-order valence-electron chi connectivity index (χ1n) is 4.61. The molecular formula is C11H13F2NS. The summed E-state index contributed by atoms with van der Waals surface area (Å²) >= 11 is 3.82. The maximum absolute atomic E-state index is 13.5. The van der Waals surface area contributed by atoms with Crippen LogP contribution in [0.5, 0.6) is 0 Å². The third-order valence-electron chi connectivity index (χ3n) is 2.23. The Morgan fingerprint density at radius 2 is 2.00 bits per heavy atom. The van der Waals surface area contributed by atoms with Crippen LogP contribution in [0.25, 0.3) is 6.08 Å². The highest BCUT2D eigenvalue weighted by molar-refractivity contribution is 7.83. The third kappa shape index (κ3) is 2.50. The highest BCUT2D eigenvalue weighted by Crippen LogP contribution is 2.24. The second-order valence-corrected chi connectivity index (χ2v) is 3.43. The Morgan fingerprint density at radius 3 is 2.53 bits per heavy atom. The zero-order valence-electron chi connectivity index (χ0n) is 8.67. The largest absolute Gasteiger partial charge is 0.372 e. The van der Waals surface area contributed by atoms with Gasteiger partial charge in [-0.05, 0) is 30.5 Å². The van der Waals surface area contributed by atoms with Gasteiger partial charge in [-0.25, -0.2) is 8.78 Å². The van der Waals surface area contributed by atoms with Crippen molar-refractivity contribution in [2.45, 2.75) is 6.92 Å². The Morgan fingerprint density at radius 1 is 1.33 bits per heavy atom. The van der Waals surface area contributed by atoms with Gasteiger partial charge in [0.25, 0.3) is 0 Å². The van der Waals surface area contributed by atoms with E-state index in [1.165, 1.54) is 17.6 Å². The van der Waals surface area contributed by atoms with E-state index in [0.717, 1.165) is 0 Å². The summed E-state index contributed by atoms with van der Waals surface area (Å²) in [7, 11) is 1.71. The lowest BCUT2D eigenvalue weighted by Gasteiger charge is -2.18. The molecule has 0 saturated heterocycles. The van der Waals surface area contributed by atoms with Gasteiger partial charge in [-0.3, -0.25) is 0 Å². The average molecular weight is 229 g/mol. The number of halogens is 2. The Bertz CT molecular complexity index is 377. The van der Waals surface area contributed by atoms with Crippen molar-refractivity contribution >= 4 is 24.4 Å². The van der Waals surface area contributed by atoms with Crippen LogP contribution in [0.1, 0.15) is 12.5 Å². The molecule has 0 amide bonds. The van der Waals surface area contributed by atoms with Gasteiger partial charge in [0.1, 0.15) is 0 Å². The zero-order chi connectivity index (χ0) is 11.4. The van der Waals surface area contributed by atoms with Gasteiger partial charge in [-0.15, -0.1) is 0 Å². The van der Waals surface area contributed by atoms with Crippen LogP contribution < -0.4 is 4.90 Å². The van der Waals surface area contributed by atoms with Crippen molar-refractivity contribution in [3.63, 3.8) is 0 Å².